The third kappa shape index (κ3) is 4.86. The lowest BCUT2D eigenvalue weighted by Crippen LogP contribution is -2.38. The molecular weight excluding hydrogens is 362 g/mol. The van der Waals surface area contributed by atoms with Crippen molar-refractivity contribution in [2.45, 2.75) is 45.3 Å². The third-order valence-electron chi connectivity index (χ3n) is 4.40. The minimum Gasteiger partial charge on any atom is -0.427 e. The Bertz CT molecular complexity index is 850. The maximum absolute atomic E-state index is 11.8. The number of carbonyl (C=O) groups is 2. The zero-order valence-corrected chi connectivity index (χ0v) is 16.3. The summed E-state index contributed by atoms with van der Waals surface area (Å²) < 4.78 is 7.07. The molecule has 150 valence electrons. The molecule has 0 bridgehead atoms. The summed E-state index contributed by atoms with van der Waals surface area (Å²) in [4.78, 5) is 32.1. The molecule has 1 saturated heterocycles. The van der Waals surface area contributed by atoms with E-state index in [2.05, 4.69) is 10.1 Å². The van der Waals surface area contributed by atoms with Crippen LogP contribution >= 0.6 is 0 Å². The third-order valence-corrected chi connectivity index (χ3v) is 4.40. The Hall–Kier alpha value is -2.94. The number of hydrogen-bond donors (Lipinski definition) is 1. The van der Waals surface area contributed by atoms with Gasteiger partial charge < -0.3 is 15.3 Å². The number of hydroxylamine groups is 2. The van der Waals surface area contributed by atoms with Crippen molar-refractivity contribution in [1.29, 1.82) is 0 Å². The average Bonchev–Trinajstić information content (AvgIpc) is 3.11. The number of pyridine rings is 1. The fourth-order valence-electron chi connectivity index (χ4n) is 3.00. The molecule has 9 heteroatoms. The van der Waals surface area contributed by atoms with E-state index in [1.807, 2.05) is 10.9 Å². The highest BCUT2D eigenvalue weighted by atomic mass is 16.8. The molecule has 0 saturated carbocycles. The van der Waals surface area contributed by atoms with E-state index in [1.165, 1.54) is 0 Å². The number of anilines is 1. The minimum atomic E-state index is -0.686. The number of carbonyl (C=O) groups excluding carboxylic acids is 2. The van der Waals surface area contributed by atoms with Crippen molar-refractivity contribution < 1.29 is 19.2 Å². The number of nitrogens with zero attached hydrogens (tertiary/aromatic N) is 4. The molecule has 0 unspecified atom stereocenters. The number of nitrogens with two attached hydrogens (primary N) is 1. The van der Waals surface area contributed by atoms with Gasteiger partial charge in [0.05, 0.1) is 17.8 Å². The van der Waals surface area contributed by atoms with Crippen molar-refractivity contribution in [2.24, 2.45) is 0 Å². The van der Waals surface area contributed by atoms with Crippen LogP contribution in [0.5, 0.6) is 0 Å². The van der Waals surface area contributed by atoms with Crippen LogP contribution in [0.1, 0.15) is 50.0 Å². The van der Waals surface area contributed by atoms with Gasteiger partial charge >= 0.3 is 6.16 Å². The van der Waals surface area contributed by atoms with Crippen LogP contribution in [-0.2, 0) is 9.57 Å². The zero-order chi connectivity index (χ0) is 20.3. The highest BCUT2D eigenvalue weighted by Crippen LogP contribution is 2.26. The van der Waals surface area contributed by atoms with E-state index in [9.17, 15) is 9.59 Å². The van der Waals surface area contributed by atoms with Crippen LogP contribution in [0.4, 0.5) is 10.6 Å². The molecule has 1 aliphatic rings. The lowest BCUT2D eigenvalue weighted by molar-refractivity contribution is -0.154. The number of rotatable bonds is 4. The molecule has 1 fully saturated rings. The van der Waals surface area contributed by atoms with E-state index < -0.39 is 11.8 Å². The van der Waals surface area contributed by atoms with Crippen molar-refractivity contribution in [3.05, 3.63) is 30.2 Å². The van der Waals surface area contributed by atoms with Gasteiger partial charge in [-0.05, 0) is 39.7 Å². The van der Waals surface area contributed by atoms with Crippen LogP contribution in [0.15, 0.2) is 24.7 Å². The monoisotopic (exact) mass is 387 g/mol. The normalized spacial score (nSPS) is 16.0. The summed E-state index contributed by atoms with van der Waals surface area (Å²) in [6.07, 6.45) is 6.86. The maximum atomic E-state index is 11.8. The van der Waals surface area contributed by atoms with E-state index in [-0.39, 0.29) is 11.9 Å². The molecule has 0 aliphatic carbocycles. The maximum Gasteiger partial charge on any atom is 0.528 e. The summed E-state index contributed by atoms with van der Waals surface area (Å²) >= 11 is 0. The Morgan fingerprint density at radius 3 is 2.61 bits per heavy atom. The van der Waals surface area contributed by atoms with Crippen molar-refractivity contribution >= 4 is 18.3 Å². The van der Waals surface area contributed by atoms with Crippen molar-refractivity contribution in [2.75, 3.05) is 18.8 Å². The largest absolute Gasteiger partial charge is 0.528 e. The lowest BCUT2D eigenvalue weighted by Gasteiger charge is -2.31. The van der Waals surface area contributed by atoms with Crippen LogP contribution in [-0.4, -0.2) is 51.0 Å². The predicted molar refractivity (Wildman–Crippen MR) is 102 cm³/mol. The molecule has 0 radical (unpaired) electrons. The topological polar surface area (TPSA) is 113 Å². The molecule has 0 spiro atoms. The van der Waals surface area contributed by atoms with Crippen LogP contribution in [0, 0.1) is 0 Å². The molecule has 3 heterocycles. The summed E-state index contributed by atoms with van der Waals surface area (Å²) in [6.45, 7) is 6.58. The number of nitrogen functional groups attached to an aromatic ring is 1. The van der Waals surface area contributed by atoms with Gasteiger partial charge in [-0.1, -0.05) is 0 Å². The second-order valence-electron chi connectivity index (χ2n) is 7.74. The fourth-order valence-corrected chi connectivity index (χ4v) is 3.00. The molecular formula is C19H25N5O4. The predicted octanol–water partition coefficient (Wildman–Crippen LogP) is 2.84. The Morgan fingerprint density at radius 2 is 1.96 bits per heavy atom. The first-order valence-electron chi connectivity index (χ1n) is 9.16. The first kappa shape index (κ1) is 19.8. The summed E-state index contributed by atoms with van der Waals surface area (Å²) in [5.41, 5.74) is 7.10. The van der Waals surface area contributed by atoms with Gasteiger partial charge in [0.25, 0.3) is 0 Å². The SMILES string of the molecule is CC(C)(C)OC(=O)ON1CCC(n2cc(-c3cnc(N)c(C=O)c3)cn2)CC1. The molecule has 0 atom stereocenters. The van der Waals surface area contributed by atoms with Gasteiger partial charge in [0.2, 0.25) is 0 Å². The first-order chi connectivity index (χ1) is 13.2. The van der Waals surface area contributed by atoms with Crippen LogP contribution in [0.25, 0.3) is 11.1 Å². The molecule has 2 aromatic heterocycles. The van der Waals surface area contributed by atoms with Crippen LogP contribution in [0.3, 0.4) is 0 Å². The van der Waals surface area contributed by atoms with Gasteiger partial charge in [0.15, 0.2) is 6.29 Å². The number of aldehydes is 1. The Morgan fingerprint density at radius 1 is 1.25 bits per heavy atom. The van der Waals surface area contributed by atoms with E-state index in [1.54, 1.807) is 44.3 Å². The van der Waals surface area contributed by atoms with Crippen molar-refractivity contribution in [3.63, 3.8) is 0 Å². The number of piperidine rings is 1. The van der Waals surface area contributed by atoms with Gasteiger partial charge in [-0.15, -0.1) is 5.06 Å². The van der Waals surface area contributed by atoms with E-state index in [4.69, 9.17) is 15.3 Å². The van der Waals surface area contributed by atoms with Crippen molar-refractivity contribution in [1.82, 2.24) is 19.8 Å². The van der Waals surface area contributed by atoms with E-state index >= 15 is 0 Å². The van der Waals surface area contributed by atoms with Gasteiger partial charge in [0.1, 0.15) is 11.4 Å². The molecule has 2 N–H and O–H groups in total. The standard InChI is InChI=1S/C19H25N5O4/c1-19(2,3)27-18(26)28-23-6-4-16(5-7-23)24-11-15(10-22-24)13-8-14(12-25)17(20)21-9-13/h8-12,16H,4-7H2,1-3H3,(H2,20,21). The number of aromatic nitrogens is 3. The van der Waals surface area contributed by atoms with E-state index in [0.29, 0.717) is 24.9 Å². The van der Waals surface area contributed by atoms with Crippen LogP contribution in [0.2, 0.25) is 0 Å². The Balaban J connectivity index is 1.59. The summed E-state index contributed by atoms with van der Waals surface area (Å²) in [5.74, 6) is 0.212. The van der Waals surface area contributed by atoms with E-state index in [0.717, 1.165) is 24.0 Å². The Kier molecular flexibility index (Phi) is 5.64. The quantitative estimate of drug-likeness (QED) is 0.629. The minimum absolute atomic E-state index is 0.194. The fraction of sp³-hybridized carbons (Fsp3) is 0.474. The summed E-state index contributed by atoms with van der Waals surface area (Å²) in [5, 5.41) is 6.07. The molecule has 0 aromatic carbocycles. The lowest BCUT2D eigenvalue weighted by atomic mass is 10.1. The smallest absolute Gasteiger partial charge is 0.427 e. The summed E-state index contributed by atoms with van der Waals surface area (Å²) in [6, 6.07) is 1.90. The highest BCUT2D eigenvalue weighted by molar-refractivity contribution is 5.84. The second kappa shape index (κ2) is 7.97. The van der Waals surface area contributed by atoms with Gasteiger partial charge in [-0.25, -0.2) is 9.78 Å². The molecule has 1 aliphatic heterocycles. The Labute approximate surface area is 163 Å². The zero-order valence-electron chi connectivity index (χ0n) is 16.3. The van der Waals surface area contributed by atoms with Gasteiger partial charge in [-0.3, -0.25) is 9.48 Å². The first-order valence-corrected chi connectivity index (χ1v) is 9.16. The number of ether oxygens (including phenoxy) is 1. The summed E-state index contributed by atoms with van der Waals surface area (Å²) in [7, 11) is 0. The second-order valence-corrected chi connectivity index (χ2v) is 7.74. The average molecular weight is 387 g/mol. The number of hydrogen-bond acceptors (Lipinski definition) is 8. The van der Waals surface area contributed by atoms with Gasteiger partial charge in [0, 0.05) is 36.6 Å². The molecule has 3 rings (SSSR count). The highest BCUT2D eigenvalue weighted by Gasteiger charge is 2.26. The molecule has 9 nitrogen and oxygen atoms in total. The van der Waals surface area contributed by atoms with Crippen molar-refractivity contribution in [3.8, 4) is 11.1 Å². The van der Waals surface area contributed by atoms with Crippen LogP contribution < -0.4 is 5.73 Å². The molecule has 0 amide bonds. The van der Waals surface area contributed by atoms with Gasteiger partial charge in [-0.2, -0.15) is 5.10 Å². The molecule has 28 heavy (non-hydrogen) atoms. The molecule has 2 aromatic rings.